The average molecular weight is 419 g/mol. The van der Waals surface area contributed by atoms with Crippen molar-refractivity contribution in [2.75, 3.05) is 4.72 Å². The highest BCUT2D eigenvalue weighted by Gasteiger charge is 2.31. The van der Waals surface area contributed by atoms with Crippen LogP contribution in [0.3, 0.4) is 0 Å². The van der Waals surface area contributed by atoms with Gasteiger partial charge in [-0.25, -0.2) is 13.4 Å². The number of nitro benzene ring substituents is 1. The quantitative estimate of drug-likeness (QED) is 0.496. The van der Waals surface area contributed by atoms with Crippen LogP contribution in [0.5, 0.6) is 5.75 Å². The van der Waals surface area contributed by atoms with E-state index in [0.29, 0.717) is 10.2 Å². The van der Waals surface area contributed by atoms with Crippen LogP contribution < -0.4 is 9.46 Å². The second-order valence-corrected chi connectivity index (χ2v) is 7.77. The van der Waals surface area contributed by atoms with Crippen molar-refractivity contribution in [2.45, 2.75) is 11.3 Å². The molecule has 3 aromatic rings. The number of hydrogen-bond acceptors (Lipinski definition) is 7. The summed E-state index contributed by atoms with van der Waals surface area (Å²) >= 11 is 0.882. The molecule has 0 unspecified atom stereocenters. The molecule has 1 heterocycles. The molecule has 0 aliphatic heterocycles. The van der Waals surface area contributed by atoms with E-state index in [-0.39, 0.29) is 15.7 Å². The summed E-state index contributed by atoms with van der Waals surface area (Å²) in [6.07, 6.45) is -4.89. The lowest BCUT2D eigenvalue weighted by Crippen LogP contribution is -2.17. The number of benzene rings is 2. The molecule has 142 valence electrons. The minimum absolute atomic E-state index is 0.0406. The van der Waals surface area contributed by atoms with Crippen molar-refractivity contribution >= 4 is 42.4 Å². The van der Waals surface area contributed by atoms with E-state index in [0.717, 1.165) is 35.6 Å². The third-order valence-corrected chi connectivity index (χ3v) is 5.59. The Balaban J connectivity index is 1.83. The van der Waals surface area contributed by atoms with Gasteiger partial charge in [-0.1, -0.05) is 11.3 Å². The van der Waals surface area contributed by atoms with Crippen LogP contribution in [-0.2, 0) is 10.0 Å². The number of thiazole rings is 1. The minimum Gasteiger partial charge on any atom is -0.406 e. The number of nitrogens with zero attached hydrogens (tertiary/aromatic N) is 2. The molecule has 13 heteroatoms. The fraction of sp³-hybridized carbons (Fsp3) is 0.0714. The fourth-order valence-electron chi connectivity index (χ4n) is 2.06. The summed E-state index contributed by atoms with van der Waals surface area (Å²) in [4.78, 5) is 13.9. The van der Waals surface area contributed by atoms with Crippen LogP contribution in [0.2, 0.25) is 0 Å². The van der Waals surface area contributed by atoms with Crippen molar-refractivity contribution in [3.8, 4) is 5.75 Å². The fourth-order valence-corrected chi connectivity index (χ4v) is 4.20. The molecule has 0 saturated carbocycles. The zero-order valence-electron chi connectivity index (χ0n) is 12.9. The Morgan fingerprint density at radius 1 is 1.15 bits per heavy atom. The van der Waals surface area contributed by atoms with Crippen molar-refractivity contribution < 1.29 is 31.2 Å². The van der Waals surface area contributed by atoms with Gasteiger partial charge in [-0.05, 0) is 30.3 Å². The molecule has 0 fully saturated rings. The first kappa shape index (κ1) is 18.8. The number of nitrogens with one attached hydrogen (secondary N) is 1. The van der Waals surface area contributed by atoms with Gasteiger partial charge in [0, 0.05) is 12.1 Å². The van der Waals surface area contributed by atoms with E-state index in [4.69, 9.17) is 0 Å². The van der Waals surface area contributed by atoms with E-state index in [1.165, 1.54) is 18.2 Å². The van der Waals surface area contributed by atoms with Gasteiger partial charge in [-0.2, -0.15) is 0 Å². The maximum Gasteiger partial charge on any atom is 0.573 e. The third kappa shape index (κ3) is 4.43. The molecule has 1 aromatic heterocycles. The second-order valence-electron chi connectivity index (χ2n) is 5.05. The zero-order valence-corrected chi connectivity index (χ0v) is 14.6. The Bertz CT molecular complexity index is 1110. The van der Waals surface area contributed by atoms with Gasteiger partial charge in [0.25, 0.3) is 15.7 Å². The first-order valence-corrected chi connectivity index (χ1v) is 9.27. The number of halogens is 3. The number of aromatic nitrogens is 1. The van der Waals surface area contributed by atoms with E-state index >= 15 is 0 Å². The van der Waals surface area contributed by atoms with Gasteiger partial charge in [-0.15, -0.1) is 13.2 Å². The maximum absolute atomic E-state index is 12.3. The first-order valence-electron chi connectivity index (χ1n) is 6.97. The minimum atomic E-state index is -4.89. The molecule has 0 amide bonds. The molecule has 0 radical (unpaired) electrons. The summed E-state index contributed by atoms with van der Waals surface area (Å²) in [6, 6.07) is 7.50. The van der Waals surface area contributed by atoms with Crippen LogP contribution >= 0.6 is 11.3 Å². The molecule has 0 atom stereocenters. The van der Waals surface area contributed by atoms with Gasteiger partial charge in [0.05, 0.1) is 20.0 Å². The summed E-state index contributed by atoms with van der Waals surface area (Å²) in [7, 11) is -4.12. The number of sulfonamides is 1. The maximum atomic E-state index is 12.3. The van der Waals surface area contributed by atoms with E-state index in [2.05, 4.69) is 14.4 Å². The lowest BCUT2D eigenvalue weighted by molar-refractivity contribution is -0.384. The Labute approximate surface area is 153 Å². The molecule has 0 aliphatic rings. The normalized spacial score (nSPS) is 12.1. The topological polar surface area (TPSA) is 111 Å². The average Bonchev–Trinajstić information content (AvgIpc) is 2.94. The van der Waals surface area contributed by atoms with Gasteiger partial charge in [0.2, 0.25) is 0 Å². The molecule has 2 aromatic carbocycles. The van der Waals surface area contributed by atoms with E-state index in [1.807, 2.05) is 0 Å². The highest BCUT2D eigenvalue weighted by molar-refractivity contribution is 7.93. The zero-order chi connectivity index (χ0) is 19.8. The molecule has 0 spiro atoms. The summed E-state index contributed by atoms with van der Waals surface area (Å²) in [5.41, 5.74) is 0.193. The predicted octanol–water partition coefficient (Wildman–Crippen LogP) is 3.90. The van der Waals surface area contributed by atoms with Crippen molar-refractivity contribution in [1.82, 2.24) is 4.98 Å². The standard InChI is InChI=1S/C14H8F3N3O5S2/c15-14(16,17)25-9-2-4-10(5-3-9)27(23,24)19-13-18-11-6-1-8(20(21)22)7-12(11)26-13/h1-7H,(H,18,19). The third-order valence-electron chi connectivity index (χ3n) is 3.17. The molecule has 0 aliphatic carbocycles. The summed E-state index contributed by atoms with van der Waals surface area (Å²) < 4.78 is 67.4. The predicted molar refractivity (Wildman–Crippen MR) is 90.2 cm³/mol. The van der Waals surface area contributed by atoms with E-state index < -0.39 is 27.1 Å². The van der Waals surface area contributed by atoms with Gasteiger partial charge in [0.15, 0.2) is 5.13 Å². The van der Waals surface area contributed by atoms with Crippen LogP contribution in [0.15, 0.2) is 47.4 Å². The number of anilines is 1. The van der Waals surface area contributed by atoms with Crippen LogP contribution in [0.4, 0.5) is 24.0 Å². The largest absolute Gasteiger partial charge is 0.573 e. The Morgan fingerprint density at radius 2 is 1.81 bits per heavy atom. The molecule has 3 rings (SSSR count). The van der Waals surface area contributed by atoms with E-state index in [9.17, 15) is 31.7 Å². The lowest BCUT2D eigenvalue weighted by atomic mass is 10.3. The summed E-state index contributed by atoms with van der Waals surface area (Å²) in [6.45, 7) is 0. The second kappa shape index (κ2) is 6.66. The van der Waals surface area contributed by atoms with Gasteiger partial charge >= 0.3 is 6.36 Å². The lowest BCUT2D eigenvalue weighted by Gasteiger charge is -2.09. The summed E-state index contributed by atoms with van der Waals surface area (Å²) in [5, 5.41) is 10.7. The van der Waals surface area contributed by atoms with Crippen LogP contribution in [0.1, 0.15) is 0 Å². The Morgan fingerprint density at radius 3 is 2.41 bits per heavy atom. The Hall–Kier alpha value is -2.93. The number of hydrogen-bond donors (Lipinski definition) is 1. The van der Waals surface area contributed by atoms with Crippen molar-refractivity contribution in [3.05, 3.63) is 52.6 Å². The molecule has 27 heavy (non-hydrogen) atoms. The molecule has 0 saturated heterocycles. The van der Waals surface area contributed by atoms with Gasteiger partial charge in [-0.3, -0.25) is 14.8 Å². The van der Waals surface area contributed by atoms with Crippen molar-refractivity contribution in [2.24, 2.45) is 0 Å². The molecule has 0 bridgehead atoms. The van der Waals surface area contributed by atoms with Gasteiger partial charge < -0.3 is 4.74 Å². The number of alkyl halides is 3. The molecule has 1 N–H and O–H groups in total. The van der Waals surface area contributed by atoms with Crippen molar-refractivity contribution in [1.29, 1.82) is 0 Å². The molecule has 8 nitrogen and oxygen atoms in total. The highest BCUT2D eigenvalue weighted by Crippen LogP contribution is 2.31. The number of fused-ring (bicyclic) bond motifs is 1. The van der Waals surface area contributed by atoms with Crippen LogP contribution in [0.25, 0.3) is 10.2 Å². The monoisotopic (exact) mass is 419 g/mol. The number of rotatable bonds is 5. The molecular weight excluding hydrogens is 411 g/mol. The smallest absolute Gasteiger partial charge is 0.406 e. The summed E-state index contributed by atoms with van der Waals surface area (Å²) in [5.74, 6) is -0.561. The van der Waals surface area contributed by atoms with Crippen LogP contribution in [0, 0.1) is 10.1 Å². The van der Waals surface area contributed by atoms with E-state index in [1.54, 1.807) is 0 Å². The van der Waals surface area contributed by atoms with Gasteiger partial charge in [0.1, 0.15) is 5.75 Å². The van der Waals surface area contributed by atoms with Crippen molar-refractivity contribution in [3.63, 3.8) is 0 Å². The van der Waals surface area contributed by atoms with Crippen LogP contribution in [-0.4, -0.2) is 24.7 Å². The number of non-ortho nitro benzene ring substituents is 1. The number of nitro groups is 1. The SMILES string of the molecule is O=[N+]([O-])c1ccc2nc(NS(=O)(=O)c3ccc(OC(F)(F)F)cc3)sc2c1. The Kier molecular flexibility index (Phi) is 4.65. The number of ether oxygens (including phenoxy) is 1. The first-order chi connectivity index (χ1) is 12.5. The molecular formula is C14H8F3N3O5S2. The highest BCUT2D eigenvalue weighted by atomic mass is 32.2.